The molecule has 0 saturated carbocycles. The smallest absolute Gasteiger partial charge is 0.339 e. The molecule has 1 N–H and O–H groups in total. The molecule has 3 rings (SSSR count). The second-order valence-electron chi connectivity index (χ2n) is 6.17. The molecule has 1 aromatic heterocycles. The fourth-order valence-electron chi connectivity index (χ4n) is 3.45. The Kier molecular flexibility index (Phi) is 4.85. The van der Waals surface area contributed by atoms with Gasteiger partial charge in [-0.05, 0) is 30.4 Å². The van der Waals surface area contributed by atoms with E-state index in [1.54, 1.807) is 7.05 Å². The summed E-state index contributed by atoms with van der Waals surface area (Å²) in [6.45, 7) is 0.372. The maximum Gasteiger partial charge on any atom is 0.339 e. The lowest BCUT2D eigenvalue weighted by Gasteiger charge is -2.30. The van der Waals surface area contributed by atoms with Gasteiger partial charge in [-0.25, -0.2) is 9.86 Å². The molecular weight excluding hydrogens is 322 g/mol. The van der Waals surface area contributed by atoms with Crippen LogP contribution in [-0.2, 0) is 18.3 Å². The number of rotatable bonds is 5. The Hall–Kier alpha value is -2.67. The maximum atomic E-state index is 12.8. The van der Waals surface area contributed by atoms with Gasteiger partial charge in [0, 0.05) is 13.0 Å². The topological polar surface area (TPSA) is 84.7 Å². The summed E-state index contributed by atoms with van der Waals surface area (Å²) in [5.74, 6) is -1.52. The minimum atomic E-state index is -1.18. The number of aromatic carboxylic acids is 1. The molecule has 0 aliphatic heterocycles. The van der Waals surface area contributed by atoms with E-state index in [4.69, 9.17) is 4.84 Å². The van der Waals surface area contributed by atoms with E-state index in [0.29, 0.717) is 6.54 Å². The number of carbonyl (C=O) groups excluding carboxylic acids is 1. The molecule has 1 heterocycles. The van der Waals surface area contributed by atoms with Gasteiger partial charge in [-0.2, -0.15) is 5.10 Å². The van der Waals surface area contributed by atoms with Crippen molar-refractivity contribution in [1.82, 2.24) is 14.8 Å². The number of hydrogen-bond acceptors (Lipinski definition) is 4. The summed E-state index contributed by atoms with van der Waals surface area (Å²) in [7, 11) is 2.97. The Labute approximate surface area is 145 Å². The Morgan fingerprint density at radius 1 is 1.40 bits per heavy atom. The van der Waals surface area contributed by atoms with E-state index < -0.39 is 11.9 Å². The van der Waals surface area contributed by atoms with Crippen molar-refractivity contribution in [2.24, 2.45) is 7.05 Å². The molecule has 7 nitrogen and oxygen atoms in total. The second-order valence-corrected chi connectivity index (χ2v) is 6.17. The van der Waals surface area contributed by atoms with E-state index in [9.17, 15) is 14.7 Å². The Morgan fingerprint density at radius 2 is 2.16 bits per heavy atom. The molecule has 0 fully saturated rings. The van der Waals surface area contributed by atoms with Crippen molar-refractivity contribution in [3.8, 4) is 0 Å². The summed E-state index contributed by atoms with van der Waals surface area (Å²) in [5, 5.41) is 14.4. The van der Waals surface area contributed by atoms with Crippen molar-refractivity contribution in [3.63, 3.8) is 0 Å². The third kappa shape index (κ3) is 3.28. The molecule has 0 saturated heterocycles. The largest absolute Gasteiger partial charge is 0.478 e. The number of hydrogen-bond donors (Lipinski definition) is 1. The number of carboxylic acids is 1. The third-order valence-corrected chi connectivity index (χ3v) is 4.70. The Balaban J connectivity index is 1.86. The molecule has 1 aliphatic carbocycles. The van der Waals surface area contributed by atoms with Crippen LogP contribution >= 0.6 is 0 Å². The number of aromatic nitrogens is 2. The zero-order chi connectivity index (χ0) is 18.0. The van der Waals surface area contributed by atoms with Crippen LogP contribution in [-0.4, -0.2) is 45.5 Å². The van der Waals surface area contributed by atoms with E-state index in [-0.39, 0.29) is 17.2 Å². The monoisotopic (exact) mass is 343 g/mol. The van der Waals surface area contributed by atoms with Gasteiger partial charge in [0.05, 0.1) is 19.9 Å². The molecular formula is C18H21N3O4. The molecule has 132 valence electrons. The number of hydroxylamine groups is 2. The van der Waals surface area contributed by atoms with Crippen LogP contribution in [0.15, 0.2) is 30.5 Å². The highest BCUT2D eigenvalue weighted by Gasteiger charge is 2.30. The number of benzene rings is 1. The summed E-state index contributed by atoms with van der Waals surface area (Å²) in [5.41, 5.74) is 2.41. The minimum absolute atomic E-state index is 0.0124. The number of nitrogens with zero attached hydrogens (tertiary/aromatic N) is 3. The maximum absolute atomic E-state index is 12.8. The first-order chi connectivity index (χ1) is 12.0. The summed E-state index contributed by atoms with van der Waals surface area (Å²) in [6, 6.07) is 8.23. The summed E-state index contributed by atoms with van der Waals surface area (Å²) < 4.78 is 1.27. The quantitative estimate of drug-likeness (QED) is 0.842. The number of fused-ring (bicyclic) bond motifs is 1. The zero-order valence-corrected chi connectivity index (χ0v) is 14.3. The van der Waals surface area contributed by atoms with Crippen LogP contribution < -0.4 is 0 Å². The number of amides is 1. The standard InChI is InChI=1S/C18H21N3O4/c1-20-16(15(10-19-20)18(23)24)17(22)21(25-2)11-13-8-5-7-12-6-3-4-9-14(12)13/h3-4,6,9-10,13H,5,7-8,11H2,1-2H3,(H,23,24). The first-order valence-corrected chi connectivity index (χ1v) is 8.22. The fourth-order valence-corrected chi connectivity index (χ4v) is 3.45. The first-order valence-electron chi connectivity index (χ1n) is 8.22. The lowest BCUT2D eigenvalue weighted by Crippen LogP contribution is -2.36. The van der Waals surface area contributed by atoms with Crippen molar-refractivity contribution < 1.29 is 19.5 Å². The SMILES string of the molecule is CON(CC1CCCc2ccccc21)C(=O)c1c(C(=O)O)cnn1C. The summed E-state index contributed by atoms with van der Waals surface area (Å²) in [6.07, 6.45) is 4.23. The Bertz CT molecular complexity index is 799. The molecule has 1 aliphatic rings. The predicted molar refractivity (Wildman–Crippen MR) is 90.3 cm³/mol. The second kappa shape index (κ2) is 7.06. The van der Waals surface area contributed by atoms with Crippen molar-refractivity contribution in [2.45, 2.75) is 25.2 Å². The number of carboxylic acid groups (broad SMARTS) is 1. The molecule has 7 heteroatoms. The van der Waals surface area contributed by atoms with Gasteiger partial charge in [0.25, 0.3) is 5.91 Å². The van der Waals surface area contributed by atoms with Crippen LogP contribution in [0.1, 0.15) is 50.7 Å². The first kappa shape index (κ1) is 17.2. The normalized spacial score (nSPS) is 16.3. The lowest BCUT2D eigenvalue weighted by atomic mass is 9.83. The molecule has 1 aromatic carbocycles. The van der Waals surface area contributed by atoms with E-state index in [1.165, 1.54) is 34.2 Å². The van der Waals surface area contributed by atoms with Gasteiger partial charge in [-0.1, -0.05) is 24.3 Å². The van der Waals surface area contributed by atoms with Crippen molar-refractivity contribution in [3.05, 3.63) is 52.8 Å². The average Bonchev–Trinajstić information content (AvgIpc) is 3.01. The molecule has 0 bridgehead atoms. The van der Waals surface area contributed by atoms with Crippen LogP contribution in [0.2, 0.25) is 0 Å². The predicted octanol–water partition coefficient (Wildman–Crippen LogP) is 2.24. The number of carbonyl (C=O) groups is 2. The highest BCUT2D eigenvalue weighted by atomic mass is 16.7. The van der Waals surface area contributed by atoms with E-state index in [0.717, 1.165) is 19.3 Å². The van der Waals surface area contributed by atoms with Crippen molar-refractivity contribution >= 4 is 11.9 Å². The van der Waals surface area contributed by atoms with Gasteiger partial charge in [0.1, 0.15) is 11.3 Å². The van der Waals surface area contributed by atoms with Gasteiger partial charge < -0.3 is 5.11 Å². The van der Waals surface area contributed by atoms with Crippen LogP contribution in [0.4, 0.5) is 0 Å². The van der Waals surface area contributed by atoms with E-state index in [1.807, 2.05) is 12.1 Å². The van der Waals surface area contributed by atoms with Crippen LogP contribution in [0, 0.1) is 0 Å². The van der Waals surface area contributed by atoms with Crippen molar-refractivity contribution in [2.75, 3.05) is 13.7 Å². The molecule has 0 spiro atoms. The van der Waals surface area contributed by atoms with Crippen LogP contribution in [0.3, 0.4) is 0 Å². The van der Waals surface area contributed by atoms with Crippen LogP contribution in [0.5, 0.6) is 0 Å². The van der Waals surface area contributed by atoms with Gasteiger partial charge >= 0.3 is 5.97 Å². The molecule has 1 atom stereocenters. The zero-order valence-electron chi connectivity index (χ0n) is 14.3. The van der Waals surface area contributed by atoms with Gasteiger partial charge in [0.15, 0.2) is 0 Å². The summed E-state index contributed by atoms with van der Waals surface area (Å²) >= 11 is 0. The minimum Gasteiger partial charge on any atom is -0.478 e. The lowest BCUT2D eigenvalue weighted by molar-refractivity contribution is -0.0995. The summed E-state index contributed by atoms with van der Waals surface area (Å²) in [4.78, 5) is 29.5. The van der Waals surface area contributed by atoms with E-state index in [2.05, 4.69) is 17.2 Å². The highest BCUT2D eigenvalue weighted by Crippen LogP contribution is 2.32. The Morgan fingerprint density at radius 3 is 2.88 bits per heavy atom. The molecule has 1 amide bonds. The molecule has 25 heavy (non-hydrogen) atoms. The molecule has 2 aromatic rings. The van der Waals surface area contributed by atoms with E-state index >= 15 is 0 Å². The van der Waals surface area contributed by atoms with Gasteiger partial charge in [0.2, 0.25) is 0 Å². The van der Waals surface area contributed by atoms with Crippen LogP contribution in [0.25, 0.3) is 0 Å². The fraction of sp³-hybridized carbons (Fsp3) is 0.389. The third-order valence-electron chi connectivity index (χ3n) is 4.70. The highest BCUT2D eigenvalue weighted by molar-refractivity contribution is 6.03. The van der Waals surface area contributed by atoms with Crippen molar-refractivity contribution in [1.29, 1.82) is 0 Å². The average molecular weight is 343 g/mol. The molecule has 0 radical (unpaired) electrons. The van der Waals surface area contributed by atoms with Gasteiger partial charge in [-0.3, -0.25) is 14.3 Å². The molecule has 1 unspecified atom stereocenters. The number of aryl methyl sites for hydroxylation is 2. The van der Waals surface area contributed by atoms with Gasteiger partial charge in [-0.15, -0.1) is 0 Å².